The molecule has 0 radical (unpaired) electrons. The number of carbonyl (C=O) groups excluding carboxylic acids is 2. The first-order chi connectivity index (χ1) is 12.1. The maximum atomic E-state index is 12.4. The molecule has 0 unspecified atom stereocenters. The van der Waals surface area contributed by atoms with E-state index in [1.807, 2.05) is 0 Å². The molecule has 0 aliphatic carbocycles. The average molecular weight is 404 g/mol. The van der Waals surface area contributed by atoms with E-state index in [0.717, 1.165) is 0 Å². The van der Waals surface area contributed by atoms with Crippen LogP contribution >= 0.6 is 11.6 Å². The van der Waals surface area contributed by atoms with E-state index in [1.54, 1.807) is 18.2 Å². The number of carbonyl (C=O) groups is 2. The van der Waals surface area contributed by atoms with Crippen LogP contribution in [0.2, 0.25) is 5.02 Å². The molecule has 1 aliphatic heterocycles. The zero-order chi connectivity index (χ0) is 19.5. The van der Waals surface area contributed by atoms with Gasteiger partial charge in [0.1, 0.15) is 5.75 Å². The first kappa shape index (κ1) is 20.5. The molecule has 144 valence electrons. The van der Waals surface area contributed by atoms with Crippen LogP contribution < -0.4 is 4.74 Å². The van der Waals surface area contributed by atoms with Gasteiger partial charge in [-0.3, -0.25) is 9.59 Å². The van der Waals surface area contributed by atoms with Crippen molar-refractivity contribution in [2.24, 2.45) is 0 Å². The Kier molecular flexibility index (Phi) is 6.52. The van der Waals surface area contributed by atoms with E-state index < -0.39 is 27.8 Å². The summed E-state index contributed by atoms with van der Waals surface area (Å²) in [5.74, 6) is -0.524. The van der Waals surface area contributed by atoms with Gasteiger partial charge in [-0.25, -0.2) is 8.42 Å². The Morgan fingerprint density at radius 3 is 2.65 bits per heavy atom. The first-order valence-electron chi connectivity index (χ1n) is 8.12. The molecule has 1 aliphatic rings. The van der Waals surface area contributed by atoms with Crippen molar-refractivity contribution in [3.63, 3.8) is 0 Å². The minimum atomic E-state index is -3.10. The van der Waals surface area contributed by atoms with Gasteiger partial charge in [-0.15, -0.1) is 0 Å². The minimum absolute atomic E-state index is 0.0599. The summed E-state index contributed by atoms with van der Waals surface area (Å²) in [5, 5.41) is 0.458. The maximum absolute atomic E-state index is 12.4. The molecule has 1 fully saturated rings. The minimum Gasteiger partial charge on any atom is -0.496 e. The number of benzene rings is 1. The van der Waals surface area contributed by atoms with Gasteiger partial charge in [0, 0.05) is 23.7 Å². The van der Waals surface area contributed by atoms with Crippen molar-refractivity contribution in [3.8, 4) is 5.75 Å². The molecule has 1 amide bonds. The van der Waals surface area contributed by atoms with Crippen molar-refractivity contribution >= 4 is 33.3 Å². The Hall–Kier alpha value is -1.80. The fourth-order valence-corrected chi connectivity index (χ4v) is 4.85. The summed E-state index contributed by atoms with van der Waals surface area (Å²) in [6.45, 7) is 1.47. The maximum Gasteiger partial charge on any atom is 0.311 e. The molecule has 1 aromatic carbocycles. The number of methoxy groups -OCH3 is 1. The van der Waals surface area contributed by atoms with Crippen molar-refractivity contribution in [3.05, 3.63) is 28.8 Å². The summed E-state index contributed by atoms with van der Waals surface area (Å²) in [6.07, 6.45) is -0.714. The fraction of sp³-hybridized carbons (Fsp3) is 0.529. The zero-order valence-corrected chi connectivity index (χ0v) is 16.5. The second-order valence-electron chi connectivity index (χ2n) is 6.27. The Bertz CT molecular complexity index is 794. The van der Waals surface area contributed by atoms with Crippen LogP contribution in [0.5, 0.6) is 5.75 Å². The highest BCUT2D eigenvalue weighted by Gasteiger charge is 2.34. The van der Waals surface area contributed by atoms with Crippen molar-refractivity contribution < 1.29 is 27.5 Å². The van der Waals surface area contributed by atoms with E-state index in [-0.39, 0.29) is 24.0 Å². The lowest BCUT2D eigenvalue weighted by Crippen LogP contribution is -2.44. The number of hydrogen-bond acceptors (Lipinski definition) is 6. The van der Waals surface area contributed by atoms with Crippen LogP contribution in [-0.4, -0.2) is 63.0 Å². The normalized spacial score (nSPS) is 19.6. The molecular weight excluding hydrogens is 382 g/mol. The predicted molar refractivity (Wildman–Crippen MR) is 97.1 cm³/mol. The SMILES string of the molecule is COc1ccc(Cl)cc1CC(=O)O[C@@H](C)C(=O)N(C)[C@H]1CCS(=O)(=O)C1. The van der Waals surface area contributed by atoms with Crippen LogP contribution in [0.3, 0.4) is 0 Å². The second kappa shape index (κ2) is 8.26. The number of ether oxygens (including phenoxy) is 2. The van der Waals surface area contributed by atoms with Gasteiger partial charge in [0.2, 0.25) is 0 Å². The Labute approximate surface area is 158 Å². The number of halogens is 1. The number of nitrogens with zero attached hydrogens (tertiary/aromatic N) is 1. The number of esters is 1. The van der Waals surface area contributed by atoms with Crippen molar-refractivity contribution in [1.82, 2.24) is 4.90 Å². The average Bonchev–Trinajstić information content (AvgIpc) is 2.93. The van der Waals surface area contributed by atoms with Gasteiger partial charge in [0.15, 0.2) is 15.9 Å². The van der Waals surface area contributed by atoms with Crippen LogP contribution in [0.25, 0.3) is 0 Å². The molecule has 2 atom stereocenters. The molecule has 0 aromatic heterocycles. The summed E-state index contributed by atoms with van der Waals surface area (Å²) < 4.78 is 33.5. The van der Waals surface area contributed by atoms with Crippen molar-refractivity contribution in [2.45, 2.75) is 31.9 Å². The summed E-state index contributed by atoms with van der Waals surface area (Å²) in [6, 6.07) is 4.50. The fourth-order valence-electron chi connectivity index (χ4n) is 2.88. The van der Waals surface area contributed by atoms with E-state index in [2.05, 4.69) is 0 Å². The van der Waals surface area contributed by atoms with E-state index in [4.69, 9.17) is 21.1 Å². The van der Waals surface area contributed by atoms with Gasteiger partial charge in [0.05, 0.1) is 25.0 Å². The Morgan fingerprint density at radius 2 is 2.08 bits per heavy atom. The quantitative estimate of drug-likeness (QED) is 0.668. The molecule has 9 heteroatoms. The van der Waals surface area contributed by atoms with E-state index in [0.29, 0.717) is 22.8 Å². The topological polar surface area (TPSA) is 90.0 Å². The summed E-state index contributed by atoms with van der Waals surface area (Å²) in [5.41, 5.74) is 0.555. The molecule has 2 rings (SSSR count). The lowest BCUT2D eigenvalue weighted by molar-refractivity contribution is -0.158. The number of hydrogen-bond donors (Lipinski definition) is 0. The highest BCUT2D eigenvalue weighted by molar-refractivity contribution is 7.91. The smallest absolute Gasteiger partial charge is 0.311 e. The van der Waals surface area contributed by atoms with E-state index in [1.165, 1.54) is 26.0 Å². The van der Waals surface area contributed by atoms with Crippen LogP contribution in [-0.2, 0) is 30.6 Å². The largest absolute Gasteiger partial charge is 0.496 e. The second-order valence-corrected chi connectivity index (χ2v) is 8.94. The van der Waals surface area contributed by atoms with Gasteiger partial charge in [-0.05, 0) is 31.5 Å². The number of sulfone groups is 1. The van der Waals surface area contributed by atoms with Crippen LogP contribution in [0.1, 0.15) is 18.9 Å². The number of amides is 1. The predicted octanol–water partition coefficient (Wildman–Crippen LogP) is 1.47. The molecule has 0 saturated carbocycles. The third kappa shape index (κ3) is 5.11. The highest BCUT2D eigenvalue weighted by Crippen LogP contribution is 2.23. The molecule has 7 nitrogen and oxygen atoms in total. The van der Waals surface area contributed by atoms with E-state index in [9.17, 15) is 18.0 Å². The van der Waals surface area contributed by atoms with Gasteiger partial charge >= 0.3 is 5.97 Å². The molecule has 0 N–H and O–H groups in total. The van der Waals surface area contributed by atoms with Crippen LogP contribution in [0.4, 0.5) is 0 Å². The lowest BCUT2D eigenvalue weighted by Gasteiger charge is -2.26. The summed E-state index contributed by atoms with van der Waals surface area (Å²) in [4.78, 5) is 25.9. The van der Waals surface area contributed by atoms with Gasteiger partial charge in [0.25, 0.3) is 5.91 Å². The van der Waals surface area contributed by atoms with Crippen molar-refractivity contribution in [2.75, 3.05) is 25.7 Å². The monoisotopic (exact) mass is 403 g/mol. The molecule has 0 spiro atoms. The molecule has 1 saturated heterocycles. The summed E-state index contributed by atoms with van der Waals surface area (Å²) >= 11 is 5.93. The van der Waals surface area contributed by atoms with Crippen LogP contribution in [0.15, 0.2) is 18.2 Å². The van der Waals surface area contributed by atoms with Gasteiger partial charge in [-0.2, -0.15) is 0 Å². The first-order valence-corrected chi connectivity index (χ1v) is 10.3. The van der Waals surface area contributed by atoms with Gasteiger partial charge in [-0.1, -0.05) is 11.6 Å². The third-order valence-electron chi connectivity index (χ3n) is 4.34. The van der Waals surface area contributed by atoms with Gasteiger partial charge < -0.3 is 14.4 Å². The highest BCUT2D eigenvalue weighted by atomic mass is 35.5. The third-order valence-corrected chi connectivity index (χ3v) is 6.32. The molecule has 1 aromatic rings. The number of rotatable bonds is 6. The molecule has 0 bridgehead atoms. The van der Waals surface area contributed by atoms with E-state index >= 15 is 0 Å². The Balaban J connectivity index is 1.96. The molecular formula is C17H22ClNO6S. The van der Waals surface area contributed by atoms with Crippen LogP contribution in [0, 0.1) is 0 Å². The number of likely N-dealkylation sites (N-methyl/N-ethyl adjacent to an activating group) is 1. The lowest BCUT2D eigenvalue weighted by atomic mass is 10.1. The standard InChI is InChI=1S/C17H22ClNO6S/c1-11(17(21)19(2)14-6-7-26(22,23)10-14)25-16(20)9-12-8-13(18)4-5-15(12)24-3/h4-5,8,11,14H,6-7,9-10H2,1-3H3/t11-,14-/m0/s1. The molecule has 26 heavy (non-hydrogen) atoms. The summed E-state index contributed by atoms with van der Waals surface area (Å²) in [7, 11) is -0.0963. The van der Waals surface area contributed by atoms with Crippen molar-refractivity contribution in [1.29, 1.82) is 0 Å². The zero-order valence-electron chi connectivity index (χ0n) is 14.9. The molecule has 1 heterocycles. The Morgan fingerprint density at radius 1 is 1.38 bits per heavy atom.